The van der Waals surface area contributed by atoms with E-state index in [-0.39, 0.29) is 6.10 Å². The summed E-state index contributed by atoms with van der Waals surface area (Å²) in [5.74, 6) is 0. The second-order valence-corrected chi connectivity index (χ2v) is 4.01. The maximum Gasteiger partial charge on any atom is 0.0601 e. The monoisotopic (exact) mass is 171 g/mol. The molecule has 0 spiro atoms. The summed E-state index contributed by atoms with van der Waals surface area (Å²) in [5.41, 5.74) is 0. The molecule has 0 aromatic heterocycles. The third-order valence-corrected chi connectivity index (χ3v) is 3.01. The van der Waals surface area contributed by atoms with Crippen molar-refractivity contribution in [3.05, 3.63) is 0 Å². The van der Waals surface area contributed by atoms with Crippen LogP contribution in [0.4, 0.5) is 0 Å². The van der Waals surface area contributed by atoms with Crippen LogP contribution in [0, 0.1) is 0 Å². The Hall–Kier alpha value is -0.120. The predicted molar refractivity (Wildman–Crippen MR) is 46.0 cm³/mol. The maximum absolute atomic E-state index is 9.06. The minimum absolute atomic E-state index is 0.0409. The first-order chi connectivity index (χ1) is 5.78. The Morgan fingerprint density at radius 3 is 2.25 bits per heavy atom. The maximum atomic E-state index is 9.06. The number of ether oxygens (including phenoxy) is 1. The number of nitrogens with one attached hydrogen (secondary N) is 1. The summed E-state index contributed by atoms with van der Waals surface area (Å²) in [7, 11) is 1.77. The summed E-state index contributed by atoms with van der Waals surface area (Å²) >= 11 is 0. The van der Waals surface area contributed by atoms with Gasteiger partial charge in [0.15, 0.2) is 0 Å². The lowest BCUT2D eigenvalue weighted by atomic mass is 9.84. The molecule has 0 atom stereocenters. The summed E-state index contributed by atoms with van der Waals surface area (Å²) < 4.78 is 5.18. The van der Waals surface area contributed by atoms with Crippen LogP contribution >= 0.6 is 0 Å². The molecule has 3 heteroatoms. The molecule has 0 aliphatic heterocycles. The van der Waals surface area contributed by atoms with Gasteiger partial charge in [0.2, 0.25) is 0 Å². The quantitative estimate of drug-likeness (QED) is 0.640. The molecule has 12 heavy (non-hydrogen) atoms. The first-order valence-corrected chi connectivity index (χ1v) is 4.75. The first kappa shape index (κ1) is 8.48. The average molecular weight is 171 g/mol. The molecular formula is C9H17NO2. The summed E-state index contributed by atoms with van der Waals surface area (Å²) in [4.78, 5) is 0. The van der Waals surface area contributed by atoms with Gasteiger partial charge in [-0.3, -0.25) is 0 Å². The van der Waals surface area contributed by atoms with Crippen molar-refractivity contribution >= 4 is 0 Å². The van der Waals surface area contributed by atoms with E-state index in [1.165, 1.54) is 0 Å². The lowest BCUT2D eigenvalue weighted by Gasteiger charge is -2.41. The minimum Gasteiger partial charge on any atom is -0.393 e. The van der Waals surface area contributed by atoms with Gasteiger partial charge < -0.3 is 15.2 Å². The Labute approximate surface area is 73.1 Å². The number of hydrogen-bond donors (Lipinski definition) is 2. The number of methoxy groups -OCH3 is 1. The fraction of sp³-hybridized carbons (Fsp3) is 1.00. The lowest BCUT2D eigenvalue weighted by Crippen LogP contribution is -2.54. The molecule has 0 amide bonds. The molecular weight excluding hydrogens is 154 g/mol. The molecule has 2 aliphatic carbocycles. The largest absolute Gasteiger partial charge is 0.393 e. The molecule has 70 valence electrons. The van der Waals surface area contributed by atoms with Crippen molar-refractivity contribution in [1.29, 1.82) is 0 Å². The van der Waals surface area contributed by atoms with Crippen molar-refractivity contribution in [2.24, 2.45) is 0 Å². The van der Waals surface area contributed by atoms with Crippen LogP contribution < -0.4 is 5.32 Å². The van der Waals surface area contributed by atoms with E-state index in [0.29, 0.717) is 18.2 Å². The molecule has 0 saturated heterocycles. The zero-order valence-electron chi connectivity index (χ0n) is 7.49. The van der Waals surface area contributed by atoms with Gasteiger partial charge in [-0.2, -0.15) is 0 Å². The number of hydrogen-bond acceptors (Lipinski definition) is 3. The summed E-state index contributed by atoms with van der Waals surface area (Å²) in [5, 5.41) is 12.6. The van der Waals surface area contributed by atoms with E-state index in [1.54, 1.807) is 7.11 Å². The summed E-state index contributed by atoms with van der Waals surface area (Å²) in [6.07, 6.45) is 4.60. The lowest BCUT2D eigenvalue weighted by molar-refractivity contribution is -0.00309. The molecule has 2 N–H and O–H groups in total. The van der Waals surface area contributed by atoms with Gasteiger partial charge in [-0.15, -0.1) is 0 Å². The van der Waals surface area contributed by atoms with Crippen molar-refractivity contribution < 1.29 is 9.84 Å². The fourth-order valence-electron chi connectivity index (χ4n) is 1.95. The van der Waals surface area contributed by atoms with Gasteiger partial charge in [-0.25, -0.2) is 0 Å². The van der Waals surface area contributed by atoms with Gasteiger partial charge in [-0.1, -0.05) is 0 Å². The van der Waals surface area contributed by atoms with E-state index >= 15 is 0 Å². The van der Waals surface area contributed by atoms with E-state index in [1.807, 2.05) is 0 Å². The number of aliphatic hydroxyl groups is 1. The summed E-state index contributed by atoms with van der Waals surface area (Å²) in [6.45, 7) is 0. The Balaban J connectivity index is 1.58. The second kappa shape index (κ2) is 3.32. The van der Waals surface area contributed by atoms with Gasteiger partial charge in [-0.05, 0) is 25.7 Å². The first-order valence-electron chi connectivity index (χ1n) is 4.75. The van der Waals surface area contributed by atoms with Crippen molar-refractivity contribution in [1.82, 2.24) is 5.32 Å². The third kappa shape index (κ3) is 1.63. The molecule has 2 rings (SSSR count). The molecule has 0 bridgehead atoms. The van der Waals surface area contributed by atoms with E-state index in [9.17, 15) is 0 Å². The molecule has 0 aromatic rings. The zero-order chi connectivity index (χ0) is 8.55. The zero-order valence-corrected chi connectivity index (χ0v) is 7.49. The summed E-state index contributed by atoms with van der Waals surface area (Å²) in [6, 6.07) is 1.22. The van der Waals surface area contributed by atoms with E-state index in [4.69, 9.17) is 9.84 Å². The third-order valence-electron chi connectivity index (χ3n) is 3.01. The Morgan fingerprint density at radius 1 is 1.17 bits per heavy atom. The molecule has 0 radical (unpaired) electrons. The predicted octanol–water partition coefficient (Wildman–Crippen LogP) is 0.277. The van der Waals surface area contributed by atoms with Gasteiger partial charge in [0, 0.05) is 19.2 Å². The highest BCUT2D eigenvalue weighted by atomic mass is 16.5. The molecule has 2 fully saturated rings. The molecule has 0 heterocycles. The van der Waals surface area contributed by atoms with E-state index < -0.39 is 0 Å². The minimum atomic E-state index is -0.0409. The van der Waals surface area contributed by atoms with Crippen LogP contribution in [0.5, 0.6) is 0 Å². The molecule has 2 saturated carbocycles. The van der Waals surface area contributed by atoms with Gasteiger partial charge in [0.1, 0.15) is 0 Å². The van der Waals surface area contributed by atoms with Crippen LogP contribution in [0.2, 0.25) is 0 Å². The Bertz CT molecular complexity index is 151. The van der Waals surface area contributed by atoms with Crippen molar-refractivity contribution in [3.63, 3.8) is 0 Å². The molecule has 2 aliphatic rings. The topological polar surface area (TPSA) is 41.5 Å². The second-order valence-electron chi connectivity index (χ2n) is 4.01. The normalized spacial score (nSPS) is 46.5. The average Bonchev–Trinajstić information content (AvgIpc) is 1.91. The van der Waals surface area contributed by atoms with Crippen molar-refractivity contribution in [2.45, 2.75) is 50.0 Å². The highest BCUT2D eigenvalue weighted by Crippen LogP contribution is 2.27. The van der Waals surface area contributed by atoms with Crippen LogP contribution in [0.15, 0.2) is 0 Å². The highest BCUT2D eigenvalue weighted by molar-refractivity contribution is 4.92. The van der Waals surface area contributed by atoms with Gasteiger partial charge in [0.25, 0.3) is 0 Å². The Morgan fingerprint density at radius 2 is 1.75 bits per heavy atom. The van der Waals surface area contributed by atoms with E-state index in [0.717, 1.165) is 25.7 Å². The number of rotatable bonds is 3. The molecule has 3 nitrogen and oxygen atoms in total. The molecule has 0 aromatic carbocycles. The van der Waals surface area contributed by atoms with Crippen molar-refractivity contribution in [3.8, 4) is 0 Å². The Kier molecular flexibility index (Phi) is 2.35. The van der Waals surface area contributed by atoms with Gasteiger partial charge >= 0.3 is 0 Å². The molecule has 0 unspecified atom stereocenters. The standard InChI is InChI=1S/C9H17NO2/c1-12-9-4-7(5-9)10-6-2-8(11)3-6/h6-11H,2-5H2,1H3. The van der Waals surface area contributed by atoms with Crippen LogP contribution in [0.1, 0.15) is 25.7 Å². The SMILES string of the molecule is COC1CC(NC2CC(O)C2)C1. The van der Waals surface area contributed by atoms with Gasteiger partial charge in [0.05, 0.1) is 12.2 Å². The van der Waals surface area contributed by atoms with Crippen LogP contribution in [-0.4, -0.2) is 36.5 Å². The van der Waals surface area contributed by atoms with Crippen LogP contribution in [0.3, 0.4) is 0 Å². The van der Waals surface area contributed by atoms with Crippen molar-refractivity contribution in [2.75, 3.05) is 7.11 Å². The van der Waals surface area contributed by atoms with Crippen LogP contribution in [-0.2, 0) is 4.74 Å². The highest BCUT2D eigenvalue weighted by Gasteiger charge is 2.34. The number of aliphatic hydroxyl groups excluding tert-OH is 1. The smallest absolute Gasteiger partial charge is 0.0601 e. The van der Waals surface area contributed by atoms with Crippen LogP contribution in [0.25, 0.3) is 0 Å². The van der Waals surface area contributed by atoms with E-state index in [2.05, 4.69) is 5.32 Å². The fourth-order valence-corrected chi connectivity index (χ4v) is 1.95.